The number of likely N-dealkylation sites (tertiary alicyclic amines) is 1. The third kappa shape index (κ3) is 5.84. The van der Waals surface area contributed by atoms with Crippen molar-refractivity contribution in [1.82, 2.24) is 9.80 Å². The first-order chi connectivity index (χ1) is 8.26. The molecule has 1 saturated heterocycles. The van der Waals surface area contributed by atoms with Gasteiger partial charge in [0.2, 0.25) is 0 Å². The van der Waals surface area contributed by atoms with Crippen LogP contribution in [0, 0.1) is 0 Å². The number of hydrogen-bond donors (Lipinski definition) is 0. The summed E-state index contributed by atoms with van der Waals surface area (Å²) in [5.41, 5.74) is 0. The molecule has 0 atom stereocenters. The second kappa shape index (κ2) is 8.25. The molecular formula is C13H24N2O2. The summed E-state index contributed by atoms with van der Waals surface area (Å²) < 4.78 is 4.96. The van der Waals surface area contributed by atoms with Crippen LogP contribution in [-0.4, -0.2) is 61.6 Å². The van der Waals surface area contributed by atoms with Crippen LogP contribution in [0.1, 0.15) is 19.8 Å². The smallest absolute Gasteiger partial charge is 0.320 e. The summed E-state index contributed by atoms with van der Waals surface area (Å²) in [4.78, 5) is 15.9. The molecule has 4 nitrogen and oxygen atoms in total. The fourth-order valence-corrected chi connectivity index (χ4v) is 2.10. The van der Waals surface area contributed by atoms with Crippen molar-refractivity contribution in [2.75, 3.05) is 45.9 Å². The Kier molecular flexibility index (Phi) is 6.89. The van der Waals surface area contributed by atoms with Crippen molar-refractivity contribution in [2.45, 2.75) is 19.8 Å². The van der Waals surface area contributed by atoms with Crippen LogP contribution in [0.2, 0.25) is 0 Å². The van der Waals surface area contributed by atoms with Gasteiger partial charge in [0.15, 0.2) is 0 Å². The number of rotatable bonds is 8. The Balaban J connectivity index is 2.25. The van der Waals surface area contributed by atoms with Crippen molar-refractivity contribution >= 4 is 5.97 Å². The summed E-state index contributed by atoms with van der Waals surface area (Å²) in [5, 5.41) is 0. The van der Waals surface area contributed by atoms with E-state index in [0.29, 0.717) is 13.2 Å². The van der Waals surface area contributed by atoms with Gasteiger partial charge in [0, 0.05) is 19.6 Å². The monoisotopic (exact) mass is 240 g/mol. The number of esters is 1. The molecule has 0 radical (unpaired) electrons. The molecule has 0 bridgehead atoms. The summed E-state index contributed by atoms with van der Waals surface area (Å²) >= 11 is 0. The van der Waals surface area contributed by atoms with Crippen LogP contribution in [0.25, 0.3) is 0 Å². The van der Waals surface area contributed by atoms with Crippen LogP contribution in [0.3, 0.4) is 0 Å². The largest absolute Gasteiger partial charge is 0.465 e. The molecule has 0 amide bonds. The molecule has 4 heteroatoms. The molecule has 1 heterocycles. The van der Waals surface area contributed by atoms with Crippen LogP contribution in [0.4, 0.5) is 0 Å². The fraction of sp³-hybridized carbons (Fsp3) is 0.769. The molecule has 17 heavy (non-hydrogen) atoms. The van der Waals surface area contributed by atoms with Gasteiger partial charge in [0.25, 0.3) is 0 Å². The molecule has 98 valence electrons. The first kappa shape index (κ1) is 14.2. The SMILES string of the molecule is C=CCN(CCN1CCCC1)CC(=O)OCC. The quantitative estimate of drug-likeness (QED) is 0.470. The predicted octanol–water partition coefficient (Wildman–Crippen LogP) is 1.13. The molecule has 0 spiro atoms. The minimum atomic E-state index is -0.143. The van der Waals surface area contributed by atoms with Crippen LogP contribution < -0.4 is 0 Å². The molecule has 1 fully saturated rings. The number of carbonyl (C=O) groups excluding carboxylic acids is 1. The Morgan fingerprint density at radius 2 is 2.18 bits per heavy atom. The lowest BCUT2D eigenvalue weighted by Crippen LogP contribution is -2.37. The third-order valence-corrected chi connectivity index (χ3v) is 2.98. The molecule has 0 unspecified atom stereocenters. The van der Waals surface area contributed by atoms with Crippen LogP contribution >= 0.6 is 0 Å². The van der Waals surface area contributed by atoms with Gasteiger partial charge in [-0.25, -0.2) is 0 Å². The standard InChI is InChI=1S/C13H24N2O2/c1-3-7-15(12-13(16)17-4-2)11-10-14-8-5-6-9-14/h3H,1,4-12H2,2H3. The highest BCUT2D eigenvalue weighted by Crippen LogP contribution is 2.06. The van der Waals surface area contributed by atoms with Gasteiger partial charge in [0.1, 0.15) is 0 Å². The number of hydrogen-bond acceptors (Lipinski definition) is 4. The zero-order chi connectivity index (χ0) is 12.5. The lowest BCUT2D eigenvalue weighted by Gasteiger charge is -2.23. The summed E-state index contributed by atoms with van der Waals surface area (Å²) in [5.74, 6) is -0.143. The topological polar surface area (TPSA) is 32.8 Å². The van der Waals surface area contributed by atoms with Gasteiger partial charge in [0.05, 0.1) is 13.2 Å². The highest BCUT2D eigenvalue weighted by molar-refractivity contribution is 5.71. The van der Waals surface area contributed by atoms with Crippen molar-refractivity contribution in [3.05, 3.63) is 12.7 Å². The summed E-state index contributed by atoms with van der Waals surface area (Å²) in [6, 6.07) is 0. The fourth-order valence-electron chi connectivity index (χ4n) is 2.10. The minimum absolute atomic E-state index is 0.143. The van der Waals surface area contributed by atoms with Gasteiger partial charge in [-0.2, -0.15) is 0 Å². The summed E-state index contributed by atoms with van der Waals surface area (Å²) in [6.45, 7) is 11.5. The van der Waals surface area contributed by atoms with E-state index >= 15 is 0 Å². The second-order valence-electron chi connectivity index (χ2n) is 4.38. The van der Waals surface area contributed by atoms with Gasteiger partial charge in [-0.15, -0.1) is 6.58 Å². The summed E-state index contributed by atoms with van der Waals surface area (Å²) in [6.07, 6.45) is 4.45. The lowest BCUT2D eigenvalue weighted by atomic mass is 10.4. The zero-order valence-corrected chi connectivity index (χ0v) is 10.9. The molecule has 1 aliphatic heterocycles. The number of carbonyl (C=O) groups is 1. The number of ether oxygens (including phenoxy) is 1. The van der Waals surface area contributed by atoms with Crippen LogP contribution in [-0.2, 0) is 9.53 Å². The van der Waals surface area contributed by atoms with Gasteiger partial charge < -0.3 is 9.64 Å². The van der Waals surface area contributed by atoms with E-state index in [2.05, 4.69) is 16.4 Å². The molecule has 0 N–H and O–H groups in total. The Morgan fingerprint density at radius 3 is 2.76 bits per heavy atom. The lowest BCUT2D eigenvalue weighted by molar-refractivity contribution is -0.144. The molecule has 1 rings (SSSR count). The van der Waals surface area contributed by atoms with E-state index in [0.717, 1.165) is 19.6 Å². The highest BCUT2D eigenvalue weighted by Gasteiger charge is 2.14. The predicted molar refractivity (Wildman–Crippen MR) is 68.9 cm³/mol. The van der Waals surface area contributed by atoms with E-state index in [1.165, 1.54) is 25.9 Å². The molecule has 0 aliphatic carbocycles. The van der Waals surface area contributed by atoms with Gasteiger partial charge in [-0.05, 0) is 32.9 Å². The molecular weight excluding hydrogens is 216 g/mol. The van der Waals surface area contributed by atoms with Crippen molar-refractivity contribution in [3.8, 4) is 0 Å². The van der Waals surface area contributed by atoms with Crippen molar-refractivity contribution in [2.24, 2.45) is 0 Å². The van der Waals surface area contributed by atoms with E-state index < -0.39 is 0 Å². The second-order valence-corrected chi connectivity index (χ2v) is 4.38. The maximum atomic E-state index is 11.4. The Hall–Kier alpha value is -0.870. The Bertz CT molecular complexity index is 238. The van der Waals surface area contributed by atoms with Gasteiger partial charge in [-0.3, -0.25) is 9.69 Å². The van der Waals surface area contributed by atoms with Crippen LogP contribution in [0.15, 0.2) is 12.7 Å². The molecule has 0 saturated carbocycles. The Morgan fingerprint density at radius 1 is 1.47 bits per heavy atom. The van der Waals surface area contributed by atoms with Gasteiger partial charge in [-0.1, -0.05) is 6.08 Å². The molecule has 1 aliphatic rings. The minimum Gasteiger partial charge on any atom is -0.465 e. The molecule has 0 aromatic carbocycles. The van der Waals surface area contributed by atoms with Crippen LogP contribution in [0.5, 0.6) is 0 Å². The maximum absolute atomic E-state index is 11.4. The Labute approximate surface area is 104 Å². The first-order valence-electron chi connectivity index (χ1n) is 6.47. The van der Waals surface area contributed by atoms with Gasteiger partial charge >= 0.3 is 5.97 Å². The molecule has 0 aromatic heterocycles. The van der Waals surface area contributed by atoms with Crippen molar-refractivity contribution < 1.29 is 9.53 Å². The third-order valence-electron chi connectivity index (χ3n) is 2.98. The van der Waals surface area contributed by atoms with Crippen molar-refractivity contribution in [3.63, 3.8) is 0 Å². The number of nitrogens with zero attached hydrogens (tertiary/aromatic N) is 2. The van der Waals surface area contributed by atoms with E-state index in [1.54, 1.807) is 0 Å². The average Bonchev–Trinajstić information content (AvgIpc) is 2.79. The zero-order valence-electron chi connectivity index (χ0n) is 10.9. The average molecular weight is 240 g/mol. The highest BCUT2D eigenvalue weighted by atomic mass is 16.5. The summed E-state index contributed by atoms with van der Waals surface area (Å²) in [7, 11) is 0. The molecule has 0 aromatic rings. The van der Waals surface area contributed by atoms with E-state index in [-0.39, 0.29) is 5.97 Å². The first-order valence-corrected chi connectivity index (χ1v) is 6.47. The maximum Gasteiger partial charge on any atom is 0.320 e. The van der Waals surface area contributed by atoms with E-state index in [1.807, 2.05) is 13.0 Å². The normalized spacial score (nSPS) is 16.4. The van der Waals surface area contributed by atoms with E-state index in [4.69, 9.17) is 4.74 Å². The van der Waals surface area contributed by atoms with E-state index in [9.17, 15) is 4.79 Å². The van der Waals surface area contributed by atoms with Crippen molar-refractivity contribution in [1.29, 1.82) is 0 Å².